The largest absolute Gasteiger partial charge is 0.381 e. The third-order valence-corrected chi connectivity index (χ3v) is 4.88. The molecule has 2 N–H and O–H groups in total. The van der Waals surface area contributed by atoms with Crippen molar-refractivity contribution in [2.24, 2.45) is 10.9 Å². The summed E-state index contributed by atoms with van der Waals surface area (Å²) in [4.78, 5) is 4.24. The number of nitrogens with one attached hydrogen (secondary N) is 2. The van der Waals surface area contributed by atoms with Crippen molar-refractivity contribution in [3.05, 3.63) is 33.8 Å². The Balaban J connectivity index is 1.50. The normalized spacial score (nSPS) is 17.5. The standard InChI is InChI=1S/C19H29Cl2N3O2/c1-22-19(24-9-3-10-25-13-15-7-11-26-14-15)23-8-2-4-16-5-6-17(20)12-18(16)21/h5-6,12,15H,2-4,7-11,13-14H2,1H3,(H2,22,23,24). The molecule has 2 rings (SSSR count). The lowest BCUT2D eigenvalue weighted by atomic mass is 10.1. The molecule has 0 saturated carbocycles. The van der Waals surface area contributed by atoms with Crippen LogP contribution in [-0.2, 0) is 15.9 Å². The molecule has 1 heterocycles. The van der Waals surface area contributed by atoms with E-state index in [0.717, 1.165) is 81.7 Å². The van der Waals surface area contributed by atoms with Gasteiger partial charge in [0.1, 0.15) is 0 Å². The number of guanidine groups is 1. The van der Waals surface area contributed by atoms with E-state index in [2.05, 4.69) is 15.6 Å². The highest BCUT2D eigenvalue weighted by atomic mass is 35.5. The van der Waals surface area contributed by atoms with Crippen molar-refractivity contribution in [1.82, 2.24) is 10.6 Å². The van der Waals surface area contributed by atoms with E-state index in [1.807, 2.05) is 12.1 Å². The van der Waals surface area contributed by atoms with Crippen LogP contribution in [0.15, 0.2) is 23.2 Å². The molecule has 1 fully saturated rings. The molecule has 0 aliphatic carbocycles. The minimum Gasteiger partial charge on any atom is -0.381 e. The summed E-state index contributed by atoms with van der Waals surface area (Å²) in [6.07, 6.45) is 3.94. The first-order valence-corrected chi connectivity index (χ1v) is 9.98. The Morgan fingerprint density at radius 1 is 1.27 bits per heavy atom. The number of hydrogen-bond donors (Lipinski definition) is 2. The highest BCUT2D eigenvalue weighted by Gasteiger charge is 2.15. The molecule has 1 atom stereocenters. The fraction of sp³-hybridized carbons (Fsp3) is 0.632. The summed E-state index contributed by atoms with van der Waals surface area (Å²) >= 11 is 12.1. The van der Waals surface area contributed by atoms with E-state index in [1.54, 1.807) is 13.1 Å². The van der Waals surface area contributed by atoms with Crippen LogP contribution >= 0.6 is 23.2 Å². The lowest BCUT2D eigenvalue weighted by Crippen LogP contribution is -2.38. The Kier molecular flexibility index (Phi) is 10.1. The smallest absolute Gasteiger partial charge is 0.190 e. The fourth-order valence-electron chi connectivity index (χ4n) is 2.78. The Hall–Kier alpha value is -1.01. The second kappa shape index (κ2) is 12.4. The molecule has 1 aromatic rings. The fourth-order valence-corrected chi connectivity index (χ4v) is 3.28. The van der Waals surface area contributed by atoms with Gasteiger partial charge in [-0.3, -0.25) is 4.99 Å². The molecule has 1 saturated heterocycles. The van der Waals surface area contributed by atoms with Gasteiger partial charge in [0.05, 0.1) is 13.2 Å². The molecule has 7 heteroatoms. The zero-order valence-electron chi connectivity index (χ0n) is 15.4. The summed E-state index contributed by atoms with van der Waals surface area (Å²) < 4.78 is 11.0. The Bertz CT molecular complexity index is 564. The molecule has 0 amide bonds. The van der Waals surface area contributed by atoms with Gasteiger partial charge in [-0.15, -0.1) is 0 Å². The summed E-state index contributed by atoms with van der Waals surface area (Å²) in [5, 5.41) is 8.02. The van der Waals surface area contributed by atoms with Crippen molar-refractivity contribution < 1.29 is 9.47 Å². The third-order valence-electron chi connectivity index (χ3n) is 4.29. The van der Waals surface area contributed by atoms with E-state index in [1.165, 1.54) is 0 Å². The molecular weight excluding hydrogens is 373 g/mol. The van der Waals surface area contributed by atoms with E-state index >= 15 is 0 Å². The zero-order chi connectivity index (χ0) is 18.6. The van der Waals surface area contributed by atoms with E-state index in [4.69, 9.17) is 32.7 Å². The number of rotatable bonds is 10. The first-order valence-electron chi connectivity index (χ1n) is 9.23. The summed E-state index contributed by atoms with van der Waals surface area (Å²) in [5.41, 5.74) is 1.12. The van der Waals surface area contributed by atoms with Crippen molar-refractivity contribution in [2.45, 2.75) is 25.7 Å². The van der Waals surface area contributed by atoms with Crippen LogP contribution in [-0.4, -0.2) is 52.5 Å². The van der Waals surface area contributed by atoms with Gasteiger partial charge in [0.2, 0.25) is 0 Å². The molecule has 5 nitrogen and oxygen atoms in total. The monoisotopic (exact) mass is 401 g/mol. The van der Waals surface area contributed by atoms with Gasteiger partial charge in [-0.05, 0) is 43.4 Å². The van der Waals surface area contributed by atoms with Crippen molar-refractivity contribution in [1.29, 1.82) is 0 Å². The van der Waals surface area contributed by atoms with Crippen LogP contribution < -0.4 is 10.6 Å². The molecule has 146 valence electrons. The maximum Gasteiger partial charge on any atom is 0.190 e. The number of hydrogen-bond acceptors (Lipinski definition) is 3. The summed E-state index contributed by atoms with van der Waals surface area (Å²) in [6, 6.07) is 5.64. The number of aryl methyl sites for hydroxylation is 1. The Morgan fingerprint density at radius 2 is 2.08 bits per heavy atom. The van der Waals surface area contributed by atoms with Crippen molar-refractivity contribution in [2.75, 3.05) is 46.6 Å². The third kappa shape index (κ3) is 8.12. The Labute approximate surface area is 166 Å². The summed E-state index contributed by atoms with van der Waals surface area (Å²) in [7, 11) is 1.78. The molecule has 0 spiro atoms. The quantitative estimate of drug-likeness (QED) is 0.357. The van der Waals surface area contributed by atoms with E-state index in [-0.39, 0.29) is 0 Å². The first kappa shape index (κ1) is 21.3. The van der Waals surface area contributed by atoms with Gasteiger partial charge in [0.25, 0.3) is 0 Å². The van der Waals surface area contributed by atoms with Gasteiger partial charge in [0.15, 0.2) is 5.96 Å². The molecule has 1 aliphatic heterocycles. The van der Waals surface area contributed by atoms with Crippen LogP contribution in [0.1, 0.15) is 24.8 Å². The highest BCUT2D eigenvalue weighted by Crippen LogP contribution is 2.21. The molecule has 1 unspecified atom stereocenters. The zero-order valence-corrected chi connectivity index (χ0v) is 16.9. The number of benzene rings is 1. The van der Waals surface area contributed by atoms with Gasteiger partial charge < -0.3 is 20.1 Å². The molecule has 1 aromatic carbocycles. The van der Waals surface area contributed by atoms with Crippen LogP contribution in [0.3, 0.4) is 0 Å². The average Bonchev–Trinajstić information content (AvgIpc) is 3.14. The lowest BCUT2D eigenvalue weighted by Gasteiger charge is -2.13. The van der Waals surface area contributed by atoms with E-state index in [0.29, 0.717) is 10.9 Å². The van der Waals surface area contributed by atoms with Gasteiger partial charge in [-0.25, -0.2) is 0 Å². The number of aliphatic imine (C=N–C) groups is 1. The predicted molar refractivity (Wildman–Crippen MR) is 109 cm³/mol. The van der Waals surface area contributed by atoms with Crippen LogP contribution in [0, 0.1) is 5.92 Å². The van der Waals surface area contributed by atoms with Gasteiger partial charge in [-0.2, -0.15) is 0 Å². The predicted octanol–water partition coefficient (Wildman–Crippen LogP) is 3.53. The number of halogens is 2. The van der Waals surface area contributed by atoms with Crippen molar-refractivity contribution in [3.8, 4) is 0 Å². The Morgan fingerprint density at radius 3 is 2.77 bits per heavy atom. The second-order valence-electron chi connectivity index (χ2n) is 6.42. The van der Waals surface area contributed by atoms with Crippen molar-refractivity contribution >= 4 is 29.2 Å². The summed E-state index contributed by atoms with van der Waals surface area (Å²) in [5.74, 6) is 1.39. The molecule has 1 aliphatic rings. The van der Waals surface area contributed by atoms with Gasteiger partial charge in [-0.1, -0.05) is 29.3 Å². The van der Waals surface area contributed by atoms with E-state index in [9.17, 15) is 0 Å². The molecular formula is C19H29Cl2N3O2. The van der Waals surface area contributed by atoms with Crippen LogP contribution in [0.2, 0.25) is 10.0 Å². The van der Waals surface area contributed by atoms with Crippen LogP contribution in [0.5, 0.6) is 0 Å². The first-order chi connectivity index (χ1) is 12.7. The molecule has 0 aromatic heterocycles. The number of ether oxygens (including phenoxy) is 2. The van der Waals surface area contributed by atoms with E-state index < -0.39 is 0 Å². The topological polar surface area (TPSA) is 54.9 Å². The highest BCUT2D eigenvalue weighted by molar-refractivity contribution is 6.35. The number of nitrogens with zero attached hydrogens (tertiary/aromatic N) is 1. The van der Waals surface area contributed by atoms with Crippen molar-refractivity contribution in [3.63, 3.8) is 0 Å². The minimum absolute atomic E-state index is 0.575. The lowest BCUT2D eigenvalue weighted by molar-refractivity contribution is 0.0888. The molecule has 0 radical (unpaired) electrons. The van der Waals surface area contributed by atoms with Crippen LogP contribution in [0.25, 0.3) is 0 Å². The maximum atomic E-state index is 6.19. The van der Waals surface area contributed by atoms with Gasteiger partial charge in [0, 0.05) is 49.3 Å². The summed E-state index contributed by atoms with van der Waals surface area (Å²) in [6.45, 7) is 4.95. The SMILES string of the molecule is CN=C(NCCCOCC1CCOC1)NCCCc1ccc(Cl)cc1Cl. The average molecular weight is 402 g/mol. The van der Waals surface area contributed by atoms with Gasteiger partial charge >= 0.3 is 0 Å². The maximum absolute atomic E-state index is 6.19. The second-order valence-corrected chi connectivity index (χ2v) is 7.27. The van der Waals surface area contributed by atoms with Crippen LogP contribution in [0.4, 0.5) is 0 Å². The molecule has 26 heavy (non-hydrogen) atoms. The molecule has 0 bridgehead atoms. The minimum atomic E-state index is 0.575.